The van der Waals surface area contributed by atoms with Crippen molar-refractivity contribution in [3.63, 3.8) is 0 Å². The van der Waals surface area contributed by atoms with Crippen molar-refractivity contribution in [2.45, 2.75) is 18.8 Å². The maximum Gasteiger partial charge on any atom is 0.320 e. The number of hydrogen-bond donors (Lipinski definition) is 0. The molecule has 1 aromatic carbocycles. The van der Waals surface area contributed by atoms with E-state index in [2.05, 4.69) is 10.3 Å². The average molecular weight is 317 g/mol. The van der Waals surface area contributed by atoms with Crippen LogP contribution in [0.5, 0.6) is 5.75 Å². The van der Waals surface area contributed by atoms with E-state index in [1.54, 1.807) is 18.0 Å². The third-order valence-electron chi connectivity index (χ3n) is 4.23. The summed E-state index contributed by atoms with van der Waals surface area (Å²) in [6.07, 6.45) is 2.31. The van der Waals surface area contributed by atoms with Crippen LogP contribution in [0.3, 0.4) is 0 Å². The molecule has 0 spiro atoms. The highest BCUT2D eigenvalue weighted by atomic mass is 16.5. The molecule has 1 aliphatic rings. The molecule has 2 aromatic rings. The summed E-state index contributed by atoms with van der Waals surface area (Å²) in [5.74, 6) is 0.440. The Morgan fingerprint density at radius 3 is 2.83 bits per heavy atom. The van der Waals surface area contributed by atoms with E-state index < -0.39 is 5.41 Å². The van der Waals surface area contributed by atoms with Crippen molar-refractivity contribution < 1.29 is 19.0 Å². The molecule has 1 aliphatic heterocycles. The van der Waals surface area contributed by atoms with Gasteiger partial charge in [0.2, 0.25) is 0 Å². The molecule has 0 saturated carbocycles. The minimum absolute atomic E-state index is 0.264. The van der Waals surface area contributed by atoms with Crippen molar-refractivity contribution >= 4 is 5.97 Å². The fourth-order valence-corrected chi connectivity index (χ4v) is 2.84. The van der Waals surface area contributed by atoms with E-state index in [9.17, 15) is 4.79 Å². The van der Waals surface area contributed by atoms with Crippen LogP contribution in [-0.2, 0) is 19.7 Å². The van der Waals surface area contributed by atoms with Crippen molar-refractivity contribution in [3.05, 3.63) is 35.7 Å². The van der Waals surface area contributed by atoms with Gasteiger partial charge in [0, 0.05) is 6.61 Å². The summed E-state index contributed by atoms with van der Waals surface area (Å²) >= 11 is 0. The minimum Gasteiger partial charge on any atom is -0.497 e. The van der Waals surface area contributed by atoms with Gasteiger partial charge in [-0.15, -0.1) is 5.10 Å². The van der Waals surface area contributed by atoms with Gasteiger partial charge in [-0.3, -0.25) is 4.79 Å². The molecule has 1 unspecified atom stereocenters. The van der Waals surface area contributed by atoms with E-state index in [1.807, 2.05) is 25.1 Å². The quantitative estimate of drug-likeness (QED) is 0.794. The Hall–Kier alpha value is -2.41. The smallest absolute Gasteiger partial charge is 0.320 e. The van der Waals surface area contributed by atoms with Crippen molar-refractivity contribution in [2.75, 3.05) is 27.4 Å². The normalized spacial score (nSPS) is 20.5. The fraction of sp³-hybridized carbons (Fsp3) is 0.438. The summed E-state index contributed by atoms with van der Waals surface area (Å²) in [5, 5.41) is 8.37. The minimum atomic E-state index is -0.868. The molecule has 7 heteroatoms. The lowest BCUT2D eigenvalue weighted by Gasteiger charge is -2.20. The zero-order valence-electron chi connectivity index (χ0n) is 13.4. The Balaban J connectivity index is 1.98. The number of aromatic nitrogens is 3. The van der Waals surface area contributed by atoms with Gasteiger partial charge in [0.1, 0.15) is 16.9 Å². The number of ether oxygens (including phenoxy) is 3. The Morgan fingerprint density at radius 1 is 1.39 bits per heavy atom. The Bertz CT molecular complexity index is 720. The number of carbonyl (C=O) groups excluding carboxylic acids is 1. The molecule has 0 aliphatic carbocycles. The van der Waals surface area contributed by atoms with Crippen molar-refractivity contribution in [1.82, 2.24) is 15.0 Å². The van der Waals surface area contributed by atoms with E-state index in [-0.39, 0.29) is 12.6 Å². The second-order valence-corrected chi connectivity index (χ2v) is 5.58. The van der Waals surface area contributed by atoms with Crippen molar-refractivity contribution in [3.8, 4) is 11.4 Å². The van der Waals surface area contributed by atoms with Crippen LogP contribution in [0.15, 0.2) is 24.4 Å². The molecule has 1 saturated heterocycles. The molecule has 0 bridgehead atoms. The highest BCUT2D eigenvalue weighted by molar-refractivity contribution is 5.83. The van der Waals surface area contributed by atoms with Crippen LogP contribution in [0.2, 0.25) is 0 Å². The number of benzene rings is 1. The van der Waals surface area contributed by atoms with Gasteiger partial charge in [-0.1, -0.05) is 5.21 Å². The molecule has 23 heavy (non-hydrogen) atoms. The molecule has 3 rings (SSSR count). The zero-order valence-corrected chi connectivity index (χ0v) is 13.4. The van der Waals surface area contributed by atoms with Crippen molar-refractivity contribution in [2.24, 2.45) is 0 Å². The van der Waals surface area contributed by atoms with Crippen LogP contribution < -0.4 is 4.74 Å². The number of nitrogens with zero attached hydrogens (tertiary/aromatic N) is 3. The summed E-state index contributed by atoms with van der Waals surface area (Å²) in [5.41, 5.74) is 1.57. The predicted molar refractivity (Wildman–Crippen MR) is 81.8 cm³/mol. The first-order valence-corrected chi connectivity index (χ1v) is 7.35. The van der Waals surface area contributed by atoms with Crippen LogP contribution in [-0.4, -0.2) is 48.4 Å². The Labute approximate surface area is 134 Å². The van der Waals surface area contributed by atoms with Crippen LogP contribution >= 0.6 is 0 Å². The Morgan fingerprint density at radius 2 is 2.22 bits per heavy atom. The monoisotopic (exact) mass is 317 g/mol. The molecule has 0 amide bonds. The summed E-state index contributed by atoms with van der Waals surface area (Å²) < 4.78 is 17.2. The summed E-state index contributed by atoms with van der Waals surface area (Å²) in [4.78, 5) is 12.2. The van der Waals surface area contributed by atoms with Crippen molar-refractivity contribution in [1.29, 1.82) is 0 Å². The number of esters is 1. The van der Waals surface area contributed by atoms with Crippen LogP contribution in [0.4, 0.5) is 0 Å². The first kappa shape index (κ1) is 15.5. The highest BCUT2D eigenvalue weighted by Gasteiger charge is 2.47. The van der Waals surface area contributed by atoms with E-state index in [4.69, 9.17) is 14.2 Å². The van der Waals surface area contributed by atoms with Gasteiger partial charge < -0.3 is 14.2 Å². The van der Waals surface area contributed by atoms with E-state index in [0.717, 1.165) is 17.0 Å². The molecule has 0 N–H and O–H groups in total. The lowest BCUT2D eigenvalue weighted by atomic mass is 9.84. The molecule has 1 aromatic heterocycles. The summed E-state index contributed by atoms with van der Waals surface area (Å²) in [7, 11) is 3.00. The SMILES string of the molecule is COC(=O)C1(c2cn(-c3ccc(OC)cc3C)nn2)CCOC1. The number of rotatable bonds is 4. The summed E-state index contributed by atoms with van der Waals surface area (Å²) in [6, 6.07) is 5.69. The number of aryl methyl sites for hydroxylation is 1. The lowest BCUT2D eigenvalue weighted by Crippen LogP contribution is -2.38. The van der Waals surface area contributed by atoms with Crippen LogP contribution in [0, 0.1) is 6.92 Å². The standard InChI is InChI=1S/C16H19N3O4/c1-11-8-12(21-2)4-5-13(11)19-9-14(17-18-19)16(15(20)22-3)6-7-23-10-16/h4-5,8-9H,6-7,10H2,1-3H3. The molecular weight excluding hydrogens is 298 g/mol. The van der Waals surface area contributed by atoms with Gasteiger partial charge in [0.15, 0.2) is 0 Å². The van der Waals surface area contributed by atoms with Crippen LogP contribution in [0.1, 0.15) is 17.7 Å². The maximum absolute atomic E-state index is 12.2. The second kappa shape index (κ2) is 6.00. The largest absolute Gasteiger partial charge is 0.497 e. The molecule has 1 atom stereocenters. The Kier molecular flexibility index (Phi) is 4.04. The highest BCUT2D eigenvalue weighted by Crippen LogP contribution is 2.33. The summed E-state index contributed by atoms with van der Waals surface area (Å²) in [6.45, 7) is 2.73. The lowest BCUT2D eigenvalue weighted by molar-refractivity contribution is -0.147. The van der Waals surface area contributed by atoms with Gasteiger partial charge in [0.25, 0.3) is 0 Å². The molecule has 122 valence electrons. The van der Waals surface area contributed by atoms with Crippen LogP contribution in [0.25, 0.3) is 5.69 Å². The van der Waals surface area contributed by atoms with E-state index >= 15 is 0 Å². The van der Waals surface area contributed by atoms with Gasteiger partial charge in [-0.25, -0.2) is 4.68 Å². The molecule has 2 heterocycles. The first-order chi connectivity index (χ1) is 11.1. The number of methoxy groups -OCH3 is 2. The van der Waals surface area contributed by atoms with Gasteiger partial charge in [0.05, 0.1) is 32.7 Å². The topological polar surface area (TPSA) is 75.5 Å². The molecule has 0 radical (unpaired) electrons. The van der Waals surface area contributed by atoms with Gasteiger partial charge in [-0.2, -0.15) is 0 Å². The van der Waals surface area contributed by atoms with E-state index in [0.29, 0.717) is 18.7 Å². The fourth-order valence-electron chi connectivity index (χ4n) is 2.84. The maximum atomic E-state index is 12.2. The number of carbonyl (C=O) groups is 1. The van der Waals surface area contributed by atoms with Gasteiger partial charge >= 0.3 is 5.97 Å². The van der Waals surface area contributed by atoms with Gasteiger partial charge in [-0.05, 0) is 37.1 Å². The second-order valence-electron chi connectivity index (χ2n) is 5.58. The van der Waals surface area contributed by atoms with E-state index in [1.165, 1.54) is 7.11 Å². The predicted octanol–water partition coefficient (Wildman–Crippen LogP) is 1.42. The third kappa shape index (κ3) is 2.57. The molecule has 1 fully saturated rings. The molecule has 7 nitrogen and oxygen atoms in total. The average Bonchev–Trinajstić information content (AvgIpc) is 3.23. The number of hydrogen-bond acceptors (Lipinski definition) is 6. The molecular formula is C16H19N3O4. The zero-order chi connectivity index (χ0) is 16.4. The first-order valence-electron chi connectivity index (χ1n) is 7.35. The third-order valence-corrected chi connectivity index (χ3v) is 4.23.